The lowest BCUT2D eigenvalue weighted by atomic mass is 10.2. The van der Waals surface area contributed by atoms with Crippen LogP contribution < -0.4 is 9.21 Å². The first kappa shape index (κ1) is 17.8. The summed E-state index contributed by atoms with van der Waals surface area (Å²) in [6, 6.07) is 13.3. The predicted molar refractivity (Wildman–Crippen MR) is 101 cm³/mol. The molecule has 1 atom stereocenters. The molecule has 1 amide bonds. The molecule has 2 aromatic carbocycles. The summed E-state index contributed by atoms with van der Waals surface area (Å²) in [5, 5.41) is 0.414. The number of carbonyl (C=O) groups is 1. The Hall–Kier alpha value is -2.05. The summed E-state index contributed by atoms with van der Waals surface area (Å²) in [5.74, 6) is -0.254. The third-order valence-electron chi connectivity index (χ3n) is 4.28. The number of halogens is 1. The predicted octanol–water partition coefficient (Wildman–Crippen LogP) is 3.08. The molecule has 3 rings (SSSR count). The quantitative estimate of drug-likeness (QED) is 0.821. The molecule has 5 nitrogen and oxygen atoms in total. The van der Waals surface area contributed by atoms with Crippen LogP contribution in [0.2, 0.25) is 5.02 Å². The van der Waals surface area contributed by atoms with E-state index in [4.69, 9.17) is 11.6 Å². The Bertz CT molecular complexity index is 914. The van der Waals surface area contributed by atoms with E-state index in [1.807, 2.05) is 24.3 Å². The van der Waals surface area contributed by atoms with E-state index in [1.165, 1.54) is 0 Å². The smallest absolute Gasteiger partial charge is 0.250 e. The van der Waals surface area contributed by atoms with Crippen LogP contribution in [0.15, 0.2) is 48.5 Å². The zero-order valence-electron chi connectivity index (χ0n) is 14.0. The number of sulfonamides is 1. The summed E-state index contributed by atoms with van der Waals surface area (Å²) in [6.45, 7) is 2.15. The molecule has 132 valence electrons. The highest BCUT2D eigenvalue weighted by Crippen LogP contribution is 2.30. The molecule has 0 aliphatic carbocycles. The second-order valence-electron chi connectivity index (χ2n) is 6.08. The number of hydrogen-bond acceptors (Lipinski definition) is 3. The fourth-order valence-electron chi connectivity index (χ4n) is 3.21. The van der Waals surface area contributed by atoms with E-state index in [9.17, 15) is 13.2 Å². The topological polar surface area (TPSA) is 57.7 Å². The molecule has 0 saturated heterocycles. The lowest BCUT2D eigenvalue weighted by molar-refractivity contribution is -0.119. The van der Waals surface area contributed by atoms with Crippen molar-refractivity contribution in [1.82, 2.24) is 0 Å². The minimum absolute atomic E-state index is 0.254. The van der Waals surface area contributed by atoms with Crippen LogP contribution in [0.4, 0.5) is 11.4 Å². The number of fused-ring (bicyclic) bond motifs is 1. The Morgan fingerprint density at radius 2 is 1.92 bits per heavy atom. The van der Waals surface area contributed by atoms with Crippen molar-refractivity contribution in [3.05, 3.63) is 59.1 Å². The van der Waals surface area contributed by atoms with Gasteiger partial charge in [0.15, 0.2) is 0 Å². The van der Waals surface area contributed by atoms with Gasteiger partial charge in [-0.2, -0.15) is 0 Å². The normalized spacial score (nSPS) is 14.9. The lowest BCUT2D eigenvalue weighted by Crippen LogP contribution is -2.49. The molecule has 2 aromatic rings. The first-order valence-corrected chi connectivity index (χ1v) is 10.2. The van der Waals surface area contributed by atoms with Gasteiger partial charge in [0, 0.05) is 17.3 Å². The number of hydrogen-bond donors (Lipinski definition) is 0. The fourth-order valence-corrected chi connectivity index (χ4v) is 4.55. The highest BCUT2D eigenvalue weighted by atomic mass is 35.5. The molecule has 1 aliphatic heterocycles. The van der Waals surface area contributed by atoms with Crippen molar-refractivity contribution in [2.75, 3.05) is 22.0 Å². The summed E-state index contributed by atoms with van der Waals surface area (Å²) in [6.07, 6.45) is 1.86. The van der Waals surface area contributed by atoms with E-state index >= 15 is 0 Å². The highest BCUT2D eigenvalue weighted by molar-refractivity contribution is 7.92. The molecule has 7 heteroatoms. The summed E-state index contributed by atoms with van der Waals surface area (Å²) in [5.41, 5.74) is 2.32. The van der Waals surface area contributed by atoms with Gasteiger partial charge in [-0.3, -0.25) is 9.10 Å². The molecular weight excluding hydrogens is 360 g/mol. The average molecular weight is 379 g/mol. The molecule has 0 saturated carbocycles. The van der Waals surface area contributed by atoms with Crippen LogP contribution in [-0.4, -0.2) is 33.2 Å². The van der Waals surface area contributed by atoms with Crippen molar-refractivity contribution in [1.29, 1.82) is 0 Å². The molecule has 25 heavy (non-hydrogen) atoms. The average Bonchev–Trinajstić information content (AvgIpc) is 2.97. The molecule has 0 aromatic heterocycles. The Morgan fingerprint density at radius 3 is 2.60 bits per heavy atom. The maximum atomic E-state index is 13.0. The van der Waals surface area contributed by atoms with Gasteiger partial charge < -0.3 is 4.90 Å². The largest absolute Gasteiger partial charge is 0.310 e. The van der Waals surface area contributed by atoms with Gasteiger partial charge in [0.2, 0.25) is 10.0 Å². The number of rotatable bonds is 4. The molecule has 1 aliphatic rings. The van der Waals surface area contributed by atoms with Crippen molar-refractivity contribution in [2.45, 2.75) is 19.4 Å². The van der Waals surface area contributed by atoms with Crippen molar-refractivity contribution >= 4 is 38.9 Å². The Kier molecular flexibility index (Phi) is 4.75. The van der Waals surface area contributed by atoms with Crippen LogP contribution in [0.25, 0.3) is 0 Å². The number of para-hydroxylation sites is 1. The van der Waals surface area contributed by atoms with Crippen LogP contribution in [0.3, 0.4) is 0 Å². The third kappa shape index (κ3) is 3.50. The number of benzene rings is 2. The standard InChI is InChI=1S/C18H19ClN2O3S/c1-13(18(22)20-11-10-14-6-3-4-9-17(14)20)21(25(2,23)24)16-8-5-7-15(19)12-16/h3-9,12-13H,10-11H2,1-2H3/t13-/m0/s1. The maximum absolute atomic E-state index is 13.0. The van der Waals surface area contributed by atoms with Crippen molar-refractivity contribution in [2.24, 2.45) is 0 Å². The molecule has 1 heterocycles. The first-order valence-electron chi connectivity index (χ1n) is 7.93. The minimum Gasteiger partial charge on any atom is -0.310 e. The van der Waals surface area contributed by atoms with Gasteiger partial charge in [0.25, 0.3) is 5.91 Å². The van der Waals surface area contributed by atoms with Gasteiger partial charge in [-0.15, -0.1) is 0 Å². The van der Waals surface area contributed by atoms with Gasteiger partial charge in [0.1, 0.15) is 6.04 Å². The maximum Gasteiger partial charge on any atom is 0.250 e. The van der Waals surface area contributed by atoms with Gasteiger partial charge >= 0.3 is 0 Å². The lowest BCUT2D eigenvalue weighted by Gasteiger charge is -2.31. The van der Waals surface area contributed by atoms with Gasteiger partial charge in [-0.25, -0.2) is 8.42 Å². The minimum atomic E-state index is -3.66. The highest BCUT2D eigenvalue weighted by Gasteiger charge is 2.34. The van der Waals surface area contributed by atoms with E-state index < -0.39 is 16.1 Å². The Labute approximate surface area is 152 Å². The SMILES string of the molecule is C[C@@H](C(=O)N1CCc2ccccc21)N(c1cccc(Cl)c1)S(C)(=O)=O. The summed E-state index contributed by atoms with van der Waals surface area (Å²) >= 11 is 6.00. The van der Waals surface area contributed by atoms with Crippen LogP contribution in [0, 0.1) is 0 Å². The second kappa shape index (κ2) is 6.69. The fraction of sp³-hybridized carbons (Fsp3) is 0.278. The zero-order valence-corrected chi connectivity index (χ0v) is 15.6. The Balaban J connectivity index is 1.96. The van der Waals surface area contributed by atoms with Crippen LogP contribution >= 0.6 is 11.6 Å². The van der Waals surface area contributed by atoms with E-state index in [0.717, 1.165) is 28.2 Å². The number of amides is 1. The van der Waals surface area contributed by atoms with Crippen LogP contribution in [0.1, 0.15) is 12.5 Å². The van der Waals surface area contributed by atoms with E-state index in [1.54, 1.807) is 36.1 Å². The molecule has 0 unspecified atom stereocenters. The summed E-state index contributed by atoms with van der Waals surface area (Å²) < 4.78 is 25.9. The van der Waals surface area contributed by atoms with Crippen molar-refractivity contribution in [3.63, 3.8) is 0 Å². The number of nitrogens with zero attached hydrogens (tertiary/aromatic N) is 2. The van der Waals surface area contributed by atoms with E-state index in [2.05, 4.69) is 0 Å². The zero-order chi connectivity index (χ0) is 18.2. The van der Waals surface area contributed by atoms with E-state index in [0.29, 0.717) is 17.3 Å². The monoisotopic (exact) mass is 378 g/mol. The van der Waals surface area contributed by atoms with Crippen LogP contribution in [-0.2, 0) is 21.2 Å². The second-order valence-corrected chi connectivity index (χ2v) is 8.38. The van der Waals surface area contributed by atoms with Crippen LogP contribution in [0.5, 0.6) is 0 Å². The summed E-state index contributed by atoms with van der Waals surface area (Å²) in [7, 11) is -3.66. The summed E-state index contributed by atoms with van der Waals surface area (Å²) in [4.78, 5) is 14.7. The molecule has 0 radical (unpaired) electrons. The van der Waals surface area contributed by atoms with Gasteiger partial charge in [-0.05, 0) is 43.2 Å². The number of anilines is 2. The van der Waals surface area contributed by atoms with Gasteiger partial charge in [-0.1, -0.05) is 35.9 Å². The Morgan fingerprint density at radius 1 is 1.20 bits per heavy atom. The third-order valence-corrected chi connectivity index (χ3v) is 5.76. The molecule has 0 bridgehead atoms. The molecule has 0 spiro atoms. The van der Waals surface area contributed by atoms with Gasteiger partial charge in [0.05, 0.1) is 11.9 Å². The van der Waals surface area contributed by atoms with Crippen molar-refractivity contribution < 1.29 is 13.2 Å². The number of carbonyl (C=O) groups excluding carboxylic acids is 1. The molecule has 0 N–H and O–H groups in total. The molecule has 0 fully saturated rings. The van der Waals surface area contributed by atoms with Crippen molar-refractivity contribution in [3.8, 4) is 0 Å². The first-order chi connectivity index (χ1) is 11.8. The van der Waals surface area contributed by atoms with E-state index in [-0.39, 0.29) is 5.91 Å². The molecular formula is C18H19ClN2O3S.